The van der Waals surface area contributed by atoms with Crippen LogP contribution in [-0.2, 0) is 6.42 Å². The highest BCUT2D eigenvalue weighted by molar-refractivity contribution is 9.11. The van der Waals surface area contributed by atoms with Gasteiger partial charge in [-0.3, -0.25) is 4.79 Å². The third-order valence-electron chi connectivity index (χ3n) is 4.06. The number of aryl methyl sites for hydroxylation is 2. The molecule has 0 amide bonds. The Bertz CT molecular complexity index is 625. The zero-order chi connectivity index (χ0) is 14.1. The van der Waals surface area contributed by atoms with Gasteiger partial charge in [-0.05, 0) is 70.8 Å². The highest BCUT2D eigenvalue weighted by Crippen LogP contribution is 2.36. The number of halogens is 1. The predicted molar refractivity (Wildman–Crippen MR) is 87.8 cm³/mol. The number of fused-ring (bicyclic) bond motifs is 1. The Hall–Kier alpha value is -0.930. The van der Waals surface area contributed by atoms with Crippen molar-refractivity contribution in [1.82, 2.24) is 0 Å². The van der Waals surface area contributed by atoms with Gasteiger partial charge in [-0.15, -0.1) is 11.3 Å². The van der Waals surface area contributed by atoms with Gasteiger partial charge in [-0.2, -0.15) is 0 Å². The van der Waals surface area contributed by atoms with Crippen molar-refractivity contribution >= 4 is 33.0 Å². The Morgan fingerprint density at radius 2 is 2.20 bits per heavy atom. The number of Topliss-reactive ketones (excluding diaryl/α,β-unsaturated/α-hetero) is 1. The Kier molecular flexibility index (Phi) is 4.08. The van der Waals surface area contributed by atoms with E-state index in [1.54, 1.807) is 11.3 Å². The van der Waals surface area contributed by atoms with Crippen LogP contribution >= 0.6 is 27.3 Å². The standard InChI is InChI=1S/C17H17BrOS/c1-11-9-16(20-17(11)18)15(19)10-13-7-4-6-12-5-2-3-8-14(12)13/h2-3,5,8-9,13H,4,6-7,10H2,1H3. The third kappa shape index (κ3) is 2.75. The molecule has 1 atom stereocenters. The maximum atomic E-state index is 12.5. The van der Waals surface area contributed by atoms with E-state index < -0.39 is 0 Å². The van der Waals surface area contributed by atoms with E-state index in [-0.39, 0.29) is 5.78 Å². The number of ketones is 1. The van der Waals surface area contributed by atoms with Gasteiger partial charge in [0.1, 0.15) is 0 Å². The van der Waals surface area contributed by atoms with E-state index in [4.69, 9.17) is 0 Å². The third-order valence-corrected chi connectivity index (χ3v) is 6.24. The Balaban J connectivity index is 1.80. The van der Waals surface area contributed by atoms with E-state index in [0.717, 1.165) is 27.1 Å². The van der Waals surface area contributed by atoms with Crippen molar-refractivity contribution < 1.29 is 4.79 Å². The molecule has 0 aliphatic heterocycles. The molecule has 3 heteroatoms. The summed E-state index contributed by atoms with van der Waals surface area (Å²) in [7, 11) is 0. The summed E-state index contributed by atoms with van der Waals surface area (Å²) in [5.41, 5.74) is 3.97. The van der Waals surface area contributed by atoms with Gasteiger partial charge in [0.25, 0.3) is 0 Å². The molecule has 3 rings (SSSR count). The number of hydrogen-bond donors (Lipinski definition) is 0. The lowest BCUT2D eigenvalue weighted by atomic mass is 9.80. The van der Waals surface area contributed by atoms with Crippen molar-refractivity contribution in [3.8, 4) is 0 Å². The minimum Gasteiger partial charge on any atom is -0.293 e. The van der Waals surface area contributed by atoms with Gasteiger partial charge in [-0.25, -0.2) is 0 Å². The van der Waals surface area contributed by atoms with E-state index in [1.807, 2.05) is 13.0 Å². The molecule has 0 spiro atoms. The molecule has 0 bridgehead atoms. The lowest BCUT2D eigenvalue weighted by Gasteiger charge is -2.24. The molecule has 20 heavy (non-hydrogen) atoms. The molecule has 0 N–H and O–H groups in total. The molecule has 104 valence electrons. The minimum absolute atomic E-state index is 0.283. The molecule has 1 aliphatic carbocycles. The van der Waals surface area contributed by atoms with Crippen LogP contribution in [0.1, 0.15) is 51.5 Å². The number of benzene rings is 1. The molecule has 1 nitrogen and oxygen atoms in total. The summed E-state index contributed by atoms with van der Waals surface area (Å²) in [5.74, 6) is 0.680. The zero-order valence-corrected chi connectivity index (χ0v) is 13.9. The number of carbonyl (C=O) groups excluding carboxylic acids is 1. The van der Waals surface area contributed by atoms with Crippen molar-refractivity contribution in [2.75, 3.05) is 0 Å². The zero-order valence-electron chi connectivity index (χ0n) is 11.5. The SMILES string of the molecule is Cc1cc(C(=O)CC2CCCc3ccccc32)sc1Br. The van der Waals surface area contributed by atoms with Crippen molar-refractivity contribution in [2.24, 2.45) is 0 Å². The van der Waals surface area contributed by atoms with E-state index in [2.05, 4.69) is 40.2 Å². The average Bonchev–Trinajstić information content (AvgIpc) is 2.79. The second-order valence-corrected chi connectivity index (χ2v) is 7.85. The first kappa shape index (κ1) is 14.0. The van der Waals surface area contributed by atoms with Gasteiger partial charge in [0.05, 0.1) is 8.66 Å². The second kappa shape index (κ2) is 5.82. The first-order valence-corrected chi connectivity index (χ1v) is 8.63. The molecule has 0 saturated carbocycles. The Labute approximate surface area is 132 Å². The molecule has 0 saturated heterocycles. The Morgan fingerprint density at radius 1 is 1.40 bits per heavy atom. The topological polar surface area (TPSA) is 17.1 Å². The lowest BCUT2D eigenvalue weighted by Crippen LogP contribution is -2.13. The maximum absolute atomic E-state index is 12.5. The molecular formula is C17H17BrOS. The molecule has 1 unspecified atom stereocenters. The minimum atomic E-state index is 0.283. The summed E-state index contributed by atoms with van der Waals surface area (Å²) in [4.78, 5) is 13.4. The molecular weight excluding hydrogens is 332 g/mol. The van der Waals surface area contributed by atoms with Crippen molar-refractivity contribution in [3.63, 3.8) is 0 Å². The van der Waals surface area contributed by atoms with Crippen LogP contribution in [0.15, 0.2) is 34.1 Å². The second-order valence-electron chi connectivity index (χ2n) is 5.48. The van der Waals surface area contributed by atoms with Crippen LogP contribution in [0.3, 0.4) is 0 Å². The van der Waals surface area contributed by atoms with Crippen LogP contribution in [0, 0.1) is 6.92 Å². The van der Waals surface area contributed by atoms with Crippen molar-refractivity contribution in [1.29, 1.82) is 0 Å². The molecule has 1 aliphatic rings. The molecule has 2 aromatic rings. The molecule has 1 heterocycles. The van der Waals surface area contributed by atoms with Crippen molar-refractivity contribution in [3.05, 3.63) is 55.7 Å². The van der Waals surface area contributed by atoms with Crippen LogP contribution in [0.4, 0.5) is 0 Å². The van der Waals surface area contributed by atoms with Gasteiger partial charge in [0.15, 0.2) is 5.78 Å². The summed E-state index contributed by atoms with van der Waals surface area (Å²) in [5, 5.41) is 0. The number of hydrogen-bond acceptors (Lipinski definition) is 2. The van der Waals surface area contributed by atoms with Gasteiger partial charge in [0, 0.05) is 6.42 Å². The number of thiophene rings is 1. The molecule has 0 radical (unpaired) electrons. The summed E-state index contributed by atoms with van der Waals surface area (Å²) in [6.07, 6.45) is 4.13. The van der Waals surface area contributed by atoms with Crippen LogP contribution in [0.2, 0.25) is 0 Å². The molecule has 0 fully saturated rings. The first-order valence-electron chi connectivity index (χ1n) is 7.02. The fraction of sp³-hybridized carbons (Fsp3) is 0.353. The smallest absolute Gasteiger partial charge is 0.173 e. The predicted octanol–water partition coefficient (Wildman–Crippen LogP) is 5.51. The van der Waals surface area contributed by atoms with E-state index >= 15 is 0 Å². The van der Waals surface area contributed by atoms with E-state index in [0.29, 0.717) is 12.3 Å². The van der Waals surface area contributed by atoms with Crippen LogP contribution in [0.5, 0.6) is 0 Å². The van der Waals surface area contributed by atoms with Gasteiger partial charge in [0.2, 0.25) is 0 Å². The largest absolute Gasteiger partial charge is 0.293 e. The van der Waals surface area contributed by atoms with Crippen LogP contribution in [-0.4, -0.2) is 5.78 Å². The quantitative estimate of drug-likeness (QED) is 0.668. The summed E-state index contributed by atoms with van der Waals surface area (Å²) in [6, 6.07) is 10.6. The monoisotopic (exact) mass is 348 g/mol. The van der Waals surface area contributed by atoms with Crippen LogP contribution in [0.25, 0.3) is 0 Å². The summed E-state index contributed by atoms with van der Waals surface area (Å²) < 4.78 is 1.07. The summed E-state index contributed by atoms with van der Waals surface area (Å²) >= 11 is 5.06. The van der Waals surface area contributed by atoms with E-state index in [9.17, 15) is 4.79 Å². The summed E-state index contributed by atoms with van der Waals surface area (Å²) in [6.45, 7) is 2.03. The fourth-order valence-electron chi connectivity index (χ4n) is 2.99. The van der Waals surface area contributed by atoms with Gasteiger partial charge < -0.3 is 0 Å². The highest BCUT2D eigenvalue weighted by atomic mass is 79.9. The fourth-order valence-corrected chi connectivity index (χ4v) is 4.47. The average molecular weight is 349 g/mol. The van der Waals surface area contributed by atoms with E-state index in [1.165, 1.54) is 17.5 Å². The van der Waals surface area contributed by atoms with Crippen molar-refractivity contribution in [2.45, 2.75) is 38.5 Å². The van der Waals surface area contributed by atoms with Gasteiger partial charge in [-0.1, -0.05) is 24.3 Å². The number of carbonyl (C=O) groups is 1. The lowest BCUT2D eigenvalue weighted by molar-refractivity contribution is 0.0975. The normalized spacial score (nSPS) is 17.8. The molecule has 1 aromatic carbocycles. The molecule has 1 aromatic heterocycles. The number of rotatable bonds is 3. The highest BCUT2D eigenvalue weighted by Gasteiger charge is 2.23. The maximum Gasteiger partial charge on any atom is 0.173 e. The first-order chi connectivity index (χ1) is 9.65. The Morgan fingerprint density at radius 3 is 2.95 bits per heavy atom. The van der Waals surface area contributed by atoms with Gasteiger partial charge >= 0.3 is 0 Å². The van der Waals surface area contributed by atoms with Crippen LogP contribution < -0.4 is 0 Å².